The highest BCUT2D eigenvalue weighted by atomic mass is 35.5. The molecule has 3 aromatic rings. The smallest absolute Gasteiger partial charge is 0.329 e. The first kappa shape index (κ1) is 16.8. The molecule has 0 spiro atoms. The van der Waals surface area contributed by atoms with E-state index in [4.69, 9.17) is 11.6 Å². The van der Waals surface area contributed by atoms with Crippen molar-refractivity contribution < 1.29 is 13.2 Å². The van der Waals surface area contributed by atoms with Gasteiger partial charge in [-0.1, -0.05) is 23.4 Å². The first-order valence-electron chi connectivity index (χ1n) is 6.61. The molecule has 0 atom stereocenters. The summed E-state index contributed by atoms with van der Waals surface area (Å²) in [7, 11) is 1.82. The van der Waals surface area contributed by atoms with Crippen molar-refractivity contribution in [3.63, 3.8) is 0 Å². The van der Waals surface area contributed by atoms with Crippen LogP contribution in [0.5, 0.6) is 0 Å². The summed E-state index contributed by atoms with van der Waals surface area (Å²) in [5.74, 6) is 0.536. The Bertz CT molecular complexity index is 860. The second-order valence-electron chi connectivity index (χ2n) is 4.78. The molecule has 0 saturated heterocycles. The maximum atomic E-state index is 13.3. The van der Waals surface area contributed by atoms with Crippen LogP contribution in [-0.2, 0) is 19.0 Å². The third-order valence-electron chi connectivity index (χ3n) is 3.13. The molecule has 0 radical (unpaired) electrons. The maximum absolute atomic E-state index is 13.3. The zero-order valence-corrected chi connectivity index (χ0v) is 13.8. The van der Waals surface area contributed by atoms with Crippen molar-refractivity contribution in [1.29, 1.82) is 0 Å². The van der Waals surface area contributed by atoms with Crippen molar-refractivity contribution in [2.75, 3.05) is 0 Å². The molecule has 2 aromatic heterocycles. The number of aromatic nitrogens is 6. The van der Waals surface area contributed by atoms with Gasteiger partial charge in [0.15, 0.2) is 11.0 Å². The Morgan fingerprint density at radius 1 is 1.29 bits per heavy atom. The van der Waals surface area contributed by atoms with Gasteiger partial charge >= 0.3 is 6.18 Å². The number of thioether (sulfide) groups is 1. The average Bonchev–Trinajstić information content (AvgIpc) is 3.13. The van der Waals surface area contributed by atoms with Gasteiger partial charge in [-0.15, -0.1) is 5.10 Å². The van der Waals surface area contributed by atoms with Gasteiger partial charge < -0.3 is 4.57 Å². The van der Waals surface area contributed by atoms with E-state index in [-0.39, 0.29) is 22.3 Å². The summed E-state index contributed by atoms with van der Waals surface area (Å²) in [6.45, 7) is 0. The van der Waals surface area contributed by atoms with E-state index in [1.807, 2.05) is 7.05 Å². The van der Waals surface area contributed by atoms with Crippen molar-refractivity contribution in [1.82, 2.24) is 29.8 Å². The van der Waals surface area contributed by atoms with Crippen LogP contribution in [0, 0.1) is 0 Å². The van der Waals surface area contributed by atoms with E-state index in [9.17, 15) is 13.2 Å². The average molecular weight is 375 g/mol. The summed E-state index contributed by atoms with van der Waals surface area (Å²) >= 11 is 7.01. The Kier molecular flexibility index (Phi) is 4.50. The van der Waals surface area contributed by atoms with Gasteiger partial charge in [-0.3, -0.25) is 0 Å². The number of rotatable bonds is 4. The first-order chi connectivity index (χ1) is 11.4. The minimum absolute atomic E-state index is 0.0110. The third-order valence-corrected chi connectivity index (χ3v) is 4.42. The summed E-state index contributed by atoms with van der Waals surface area (Å²) in [5, 5.41) is 11.7. The van der Waals surface area contributed by atoms with E-state index in [1.165, 1.54) is 23.9 Å². The summed E-state index contributed by atoms with van der Waals surface area (Å²) in [4.78, 5) is 4.14. The molecule has 6 nitrogen and oxygen atoms in total. The number of benzene rings is 1. The van der Waals surface area contributed by atoms with Crippen molar-refractivity contribution in [2.24, 2.45) is 7.05 Å². The van der Waals surface area contributed by atoms with E-state index in [0.717, 1.165) is 10.7 Å². The van der Waals surface area contributed by atoms with Crippen LogP contribution in [0.4, 0.5) is 13.2 Å². The molecule has 0 aliphatic heterocycles. The highest BCUT2D eigenvalue weighted by Crippen LogP contribution is 2.35. The monoisotopic (exact) mass is 374 g/mol. The van der Waals surface area contributed by atoms with E-state index in [2.05, 4.69) is 20.5 Å². The molecular weight excluding hydrogens is 365 g/mol. The zero-order chi connectivity index (χ0) is 17.3. The van der Waals surface area contributed by atoms with E-state index >= 15 is 0 Å². The van der Waals surface area contributed by atoms with Gasteiger partial charge in [-0.2, -0.15) is 17.9 Å². The Morgan fingerprint density at radius 2 is 2.08 bits per heavy atom. The second-order valence-corrected chi connectivity index (χ2v) is 6.15. The van der Waals surface area contributed by atoms with Crippen molar-refractivity contribution in [3.05, 3.63) is 47.0 Å². The van der Waals surface area contributed by atoms with E-state index in [0.29, 0.717) is 5.16 Å². The summed E-state index contributed by atoms with van der Waals surface area (Å²) in [6, 6.07) is 3.47. The van der Waals surface area contributed by atoms with E-state index < -0.39 is 11.7 Å². The molecule has 2 heterocycles. The van der Waals surface area contributed by atoms with Crippen LogP contribution >= 0.6 is 23.4 Å². The molecule has 0 fully saturated rings. The van der Waals surface area contributed by atoms with Crippen molar-refractivity contribution in [2.45, 2.75) is 17.1 Å². The minimum Gasteiger partial charge on any atom is -0.329 e. The minimum atomic E-state index is -4.57. The quantitative estimate of drug-likeness (QED) is 0.655. The van der Waals surface area contributed by atoms with Gasteiger partial charge in [-0.05, 0) is 28.6 Å². The van der Waals surface area contributed by atoms with Crippen LogP contribution in [0.1, 0.15) is 11.4 Å². The fourth-order valence-corrected chi connectivity index (χ4v) is 3.03. The van der Waals surface area contributed by atoms with Crippen LogP contribution < -0.4 is 0 Å². The number of tetrazole rings is 1. The Morgan fingerprint density at radius 3 is 2.75 bits per heavy atom. The number of aryl methyl sites for hydroxylation is 1. The summed E-state index contributed by atoms with van der Waals surface area (Å²) in [5.41, 5.74) is -1.07. The maximum Gasteiger partial charge on any atom is 0.418 e. The number of nitrogens with zero attached hydrogens (tertiary/aromatic N) is 6. The van der Waals surface area contributed by atoms with Crippen LogP contribution in [-0.4, -0.2) is 29.8 Å². The van der Waals surface area contributed by atoms with Gasteiger partial charge in [-0.25, -0.2) is 4.98 Å². The van der Waals surface area contributed by atoms with Crippen LogP contribution in [0.15, 0.2) is 35.7 Å². The normalized spacial score (nSPS) is 11.9. The van der Waals surface area contributed by atoms with Gasteiger partial charge in [0.05, 0.1) is 17.0 Å². The number of alkyl halides is 3. The highest BCUT2D eigenvalue weighted by Gasteiger charge is 2.35. The first-order valence-corrected chi connectivity index (χ1v) is 7.97. The Hall–Kier alpha value is -2.07. The number of imidazole rings is 1. The van der Waals surface area contributed by atoms with Crippen LogP contribution in [0.2, 0.25) is 5.02 Å². The molecule has 0 amide bonds. The standard InChI is InChI=1S/C13H10ClF3N6S/c1-22-5-4-18-12(22)24-7-11-19-20-21-23(11)10-3-2-8(14)6-9(10)13(15,16)17/h2-6H,7H2,1H3. The molecule has 0 saturated carbocycles. The van der Waals surface area contributed by atoms with Gasteiger partial charge in [0.2, 0.25) is 0 Å². The summed E-state index contributed by atoms with van der Waals surface area (Å²) in [6.07, 6.45) is -1.17. The third kappa shape index (κ3) is 3.39. The molecule has 0 N–H and O–H groups in total. The lowest BCUT2D eigenvalue weighted by Gasteiger charge is -2.13. The lowest BCUT2D eigenvalue weighted by molar-refractivity contribution is -0.137. The van der Waals surface area contributed by atoms with Crippen molar-refractivity contribution >= 4 is 23.4 Å². The van der Waals surface area contributed by atoms with Gasteiger partial charge in [0, 0.05) is 24.5 Å². The molecule has 0 bridgehead atoms. The van der Waals surface area contributed by atoms with Crippen LogP contribution in [0.3, 0.4) is 0 Å². The molecule has 3 rings (SSSR count). The lowest BCUT2D eigenvalue weighted by atomic mass is 10.1. The predicted molar refractivity (Wildman–Crippen MR) is 81.9 cm³/mol. The molecule has 126 valence electrons. The Balaban J connectivity index is 1.95. The van der Waals surface area contributed by atoms with E-state index in [1.54, 1.807) is 17.0 Å². The molecule has 1 aromatic carbocycles. The molecule has 0 unspecified atom stereocenters. The fourth-order valence-electron chi connectivity index (χ4n) is 2.02. The molecule has 0 aliphatic carbocycles. The van der Waals surface area contributed by atoms with Crippen LogP contribution in [0.25, 0.3) is 5.69 Å². The number of halogens is 4. The van der Waals surface area contributed by atoms with Crippen molar-refractivity contribution in [3.8, 4) is 5.69 Å². The fraction of sp³-hybridized carbons (Fsp3) is 0.231. The lowest BCUT2D eigenvalue weighted by Crippen LogP contribution is -2.13. The second kappa shape index (κ2) is 6.44. The topological polar surface area (TPSA) is 61.4 Å². The molecule has 11 heteroatoms. The Labute approximate surface area is 143 Å². The SMILES string of the molecule is Cn1ccnc1SCc1nnnn1-c1ccc(Cl)cc1C(F)(F)F. The highest BCUT2D eigenvalue weighted by molar-refractivity contribution is 7.98. The largest absolute Gasteiger partial charge is 0.418 e. The molecular formula is C13H10ClF3N6S. The number of hydrogen-bond donors (Lipinski definition) is 0. The molecule has 24 heavy (non-hydrogen) atoms. The zero-order valence-electron chi connectivity index (χ0n) is 12.2. The summed E-state index contributed by atoms with van der Waals surface area (Å²) < 4.78 is 42.6. The predicted octanol–water partition coefficient (Wildman–Crippen LogP) is 3.36. The van der Waals surface area contributed by atoms with Gasteiger partial charge in [0.1, 0.15) is 0 Å². The molecule has 0 aliphatic rings. The van der Waals surface area contributed by atoms with Gasteiger partial charge in [0.25, 0.3) is 0 Å². The number of hydrogen-bond acceptors (Lipinski definition) is 5.